The van der Waals surface area contributed by atoms with Gasteiger partial charge < -0.3 is 4.74 Å². The van der Waals surface area contributed by atoms with E-state index in [4.69, 9.17) is 10.00 Å². The van der Waals surface area contributed by atoms with Crippen LogP contribution in [0.5, 0.6) is 5.75 Å². The summed E-state index contributed by atoms with van der Waals surface area (Å²) in [7, 11) is 0. The number of hydrogen-bond donors (Lipinski definition) is 0. The number of nitro benzene ring substituents is 1. The van der Waals surface area contributed by atoms with Crippen molar-refractivity contribution in [2.75, 3.05) is 6.61 Å². The number of nitrogens with zero attached hydrogens (tertiary/aromatic N) is 2. The summed E-state index contributed by atoms with van der Waals surface area (Å²) in [4.78, 5) is 10.5. The van der Waals surface area contributed by atoms with Gasteiger partial charge in [0.2, 0.25) is 0 Å². The molecule has 0 saturated carbocycles. The average molecular weight is 248 g/mol. The molecule has 0 aliphatic carbocycles. The van der Waals surface area contributed by atoms with E-state index in [1.807, 2.05) is 0 Å². The lowest BCUT2D eigenvalue weighted by molar-refractivity contribution is -0.386. The molecule has 0 aliphatic heterocycles. The van der Waals surface area contributed by atoms with Crippen LogP contribution in [0.3, 0.4) is 0 Å². The monoisotopic (exact) mass is 248 g/mol. The van der Waals surface area contributed by atoms with Crippen LogP contribution in [0.1, 0.15) is 25.8 Å². The molecule has 18 heavy (non-hydrogen) atoms. The van der Waals surface area contributed by atoms with Gasteiger partial charge in [0, 0.05) is 5.56 Å². The highest BCUT2D eigenvalue weighted by atomic mass is 16.6. The standard InChI is InChI=1S/C13H16N2O3/c1-10-5-4-6-11(12(10)15(16)17)18-8-7-13(2,3)9-14/h4-6H,7-8H2,1-3H3. The molecule has 0 heterocycles. The van der Waals surface area contributed by atoms with Crippen molar-refractivity contribution in [2.45, 2.75) is 27.2 Å². The van der Waals surface area contributed by atoms with Crippen LogP contribution < -0.4 is 4.74 Å². The molecule has 5 nitrogen and oxygen atoms in total. The highest BCUT2D eigenvalue weighted by Gasteiger charge is 2.20. The number of para-hydroxylation sites is 1. The second kappa shape index (κ2) is 5.50. The van der Waals surface area contributed by atoms with E-state index < -0.39 is 10.3 Å². The molecule has 0 fully saturated rings. The zero-order valence-corrected chi connectivity index (χ0v) is 10.8. The van der Waals surface area contributed by atoms with Crippen molar-refractivity contribution in [3.63, 3.8) is 0 Å². The first-order chi connectivity index (χ1) is 8.37. The maximum atomic E-state index is 10.9. The topological polar surface area (TPSA) is 76.2 Å². The van der Waals surface area contributed by atoms with Gasteiger partial charge in [-0.2, -0.15) is 5.26 Å². The lowest BCUT2D eigenvalue weighted by Crippen LogP contribution is -2.13. The molecule has 0 aliphatic rings. The third kappa shape index (κ3) is 3.45. The van der Waals surface area contributed by atoms with E-state index in [0.717, 1.165) is 0 Å². The predicted octanol–water partition coefficient (Wildman–Crippen LogP) is 3.22. The average Bonchev–Trinajstić information content (AvgIpc) is 2.28. The van der Waals surface area contributed by atoms with Crippen LogP contribution in [-0.4, -0.2) is 11.5 Å². The van der Waals surface area contributed by atoms with Crippen LogP contribution in [0, 0.1) is 33.8 Å². The molecule has 1 aromatic carbocycles. The summed E-state index contributed by atoms with van der Waals surface area (Å²) in [5.74, 6) is 0.258. The molecule has 0 saturated heterocycles. The predicted molar refractivity (Wildman–Crippen MR) is 67.3 cm³/mol. The van der Waals surface area contributed by atoms with E-state index in [1.54, 1.807) is 39.0 Å². The molecule has 0 atom stereocenters. The zero-order valence-electron chi connectivity index (χ0n) is 10.8. The minimum Gasteiger partial charge on any atom is -0.487 e. The number of hydrogen-bond acceptors (Lipinski definition) is 4. The fourth-order valence-electron chi connectivity index (χ4n) is 1.45. The fourth-order valence-corrected chi connectivity index (χ4v) is 1.45. The Balaban J connectivity index is 2.78. The quantitative estimate of drug-likeness (QED) is 0.592. The van der Waals surface area contributed by atoms with E-state index in [-0.39, 0.29) is 18.0 Å². The summed E-state index contributed by atoms with van der Waals surface area (Å²) >= 11 is 0. The Morgan fingerprint density at radius 1 is 1.50 bits per heavy atom. The Bertz CT molecular complexity index is 489. The number of nitro groups is 1. The summed E-state index contributed by atoms with van der Waals surface area (Å²) < 4.78 is 5.42. The Labute approximate surface area is 106 Å². The fraction of sp³-hybridized carbons (Fsp3) is 0.462. The number of aryl methyl sites for hydroxylation is 1. The third-order valence-corrected chi connectivity index (χ3v) is 2.67. The van der Waals surface area contributed by atoms with Gasteiger partial charge in [-0.1, -0.05) is 12.1 Å². The number of ether oxygens (including phenoxy) is 1. The van der Waals surface area contributed by atoms with E-state index in [2.05, 4.69) is 6.07 Å². The van der Waals surface area contributed by atoms with Crippen molar-refractivity contribution >= 4 is 5.69 Å². The van der Waals surface area contributed by atoms with Gasteiger partial charge in [0.05, 0.1) is 23.0 Å². The van der Waals surface area contributed by atoms with Crippen molar-refractivity contribution < 1.29 is 9.66 Å². The largest absolute Gasteiger partial charge is 0.487 e. The smallest absolute Gasteiger partial charge is 0.313 e. The van der Waals surface area contributed by atoms with Crippen molar-refractivity contribution in [3.8, 4) is 11.8 Å². The zero-order chi connectivity index (χ0) is 13.8. The second-order valence-corrected chi connectivity index (χ2v) is 4.77. The van der Waals surface area contributed by atoms with Crippen LogP contribution >= 0.6 is 0 Å². The van der Waals surface area contributed by atoms with E-state index >= 15 is 0 Å². The molecule has 0 amide bonds. The van der Waals surface area contributed by atoms with Gasteiger partial charge in [-0.25, -0.2) is 0 Å². The van der Waals surface area contributed by atoms with Gasteiger partial charge in [0.1, 0.15) is 0 Å². The van der Waals surface area contributed by atoms with E-state index in [9.17, 15) is 10.1 Å². The molecular formula is C13H16N2O3. The lowest BCUT2D eigenvalue weighted by atomic mass is 9.92. The minimum atomic E-state index is -0.487. The van der Waals surface area contributed by atoms with Crippen LogP contribution in [0.25, 0.3) is 0 Å². The Morgan fingerprint density at radius 3 is 2.72 bits per heavy atom. The Kier molecular flexibility index (Phi) is 4.27. The Hall–Kier alpha value is -2.09. The highest BCUT2D eigenvalue weighted by molar-refractivity contribution is 5.51. The second-order valence-electron chi connectivity index (χ2n) is 4.77. The third-order valence-electron chi connectivity index (χ3n) is 2.67. The number of rotatable bonds is 5. The van der Waals surface area contributed by atoms with Gasteiger partial charge in [-0.05, 0) is 33.3 Å². The summed E-state index contributed by atoms with van der Waals surface area (Å²) in [6, 6.07) is 7.12. The highest BCUT2D eigenvalue weighted by Crippen LogP contribution is 2.30. The molecular weight excluding hydrogens is 232 g/mol. The number of benzene rings is 1. The first-order valence-corrected chi connectivity index (χ1v) is 5.65. The summed E-state index contributed by atoms with van der Waals surface area (Å²) in [5.41, 5.74) is 0.0720. The first kappa shape index (κ1) is 14.0. The summed E-state index contributed by atoms with van der Waals surface area (Å²) in [6.07, 6.45) is 0.522. The SMILES string of the molecule is Cc1cccc(OCCC(C)(C)C#N)c1[N+](=O)[O-]. The lowest BCUT2D eigenvalue weighted by Gasteiger charge is -2.15. The van der Waals surface area contributed by atoms with Gasteiger partial charge in [0.25, 0.3) is 0 Å². The molecule has 96 valence electrons. The van der Waals surface area contributed by atoms with Crippen molar-refractivity contribution in [1.82, 2.24) is 0 Å². The molecule has 0 spiro atoms. The van der Waals surface area contributed by atoms with Crippen LogP contribution in [-0.2, 0) is 0 Å². The molecule has 5 heteroatoms. The van der Waals surface area contributed by atoms with E-state index in [1.165, 1.54) is 0 Å². The minimum absolute atomic E-state index is 0.00716. The van der Waals surface area contributed by atoms with Gasteiger partial charge in [0.15, 0.2) is 5.75 Å². The van der Waals surface area contributed by atoms with Crippen molar-refractivity contribution in [2.24, 2.45) is 5.41 Å². The Morgan fingerprint density at radius 2 is 2.17 bits per heavy atom. The summed E-state index contributed by atoms with van der Waals surface area (Å²) in [5, 5.41) is 19.8. The van der Waals surface area contributed by atoms with Crippen LogP contribution in [0.15, 0.2) is 18.2 Å². The molecule has 1 rings (SSSR count). The van der Waals surface area contributed by atoms with Gasteiger partial charge in [-0.15, -0.1) is 0 Å². The molecule has 1 aromatic rings. The van der Waals surface area contributed by atoms with Crippen LogP contribution in [0.4, 0.5) is 5.69 Å². The molecule has 0 N–H and O–H groups in total. The van der Waals surface area contributed by atoms with Crippen molar-refractivity contribution in [1.29, 1.82) is 5.26 Å². The number of nitriles is 1. The molecule has 0 radical (unpaired) electrons. The van der Waals surface area contributed by atoms with Crippen molar-refractivity contribution in [3.05, 3.63) is 33.9 Å². The van der Waals surface area contributed by atoms with Gasteiger partial charge >= 0.3 is 5.69 Å². The molecule has 0 bridgehead atoms. The van der Waals surface area contributed by atoms with E-state index in [0.29, 0.717) is 12.0 Å². The molecule has 0 aromatic heterocycles. The normalized spacial score (nSPS) is 10.8. The van der Waals surface area contributed by atoms with Crippen LogP contribution in [0.2, 0.25) is 0 Å². The van der Waals surface area contributed by atoms with Gasteiger partial charge in [-0.3, -0.25) is 10.1 Å². The maximum absolute atomic E-state index is 10.9. The molecule has 0 unspecified atom stereocenters. The maximum Gasteiger partial charge on any atom is 0.313 e. The summed E-state index contributed by atoms with van der Waals surface area (Å²) in [6.45, 7) is 5.57. The first-order valence-electron chi connectivity index (χ1n) is 5.65.